The van der Waals surface area contributed by atoms with Crippen LogP contribution < -0.4 is 0 Å². The fourth-order valence-electron chi connectivity index (χ4n) is 1.97. The summed E-state index contributed by atoms with van der Waals surface area (Å²) in [6.45, 7) is 2.95. The lowest BCUT2D eigenvalue weighted by Crippen LogP contribution is -2.74. The van der Waals surface area contributed by atoms with Crippen LogP contribution >= 0.6 is 0 Å². The summed E-state index contributed by atoms with van der Waals surface area (Å²) in [5, 5.41) is 0. The maximum Gasteiger partial charge on any atom is 0.460 e. The maximum absolute atomic E-state index is 13.6. The molecule has 0 aromatic carbocycles. The molecule has 0 aliphatic rings. The molecule has 1 atom stereocenters. The van der Waals surface area contributed by atoms with Crippen molar-refractivity contribution in [2.75, 3.05) is 0 Å². The van der Waals surface area contributed by atoms with Gasteiger partial charge in [0.2, 0.25) is 0 Å². The lowest BCUT2D eigenvalue weighted by Gasteiger charge is -2.43. The quantitative estimate of drug-likeness (QED) is 0.183. The molecule has 1 unspecified atom stereocenters. The molecule has 19 heteroatoms. The Bertz CT molecular complexity index is 736. The van der Waals surface area contributed by atoms with Crippen molar-refractivity contribution in [3.05, 3.63) is 12.7 Å². The van der Waals surface area contributed by atoms with Gasteiger partial charge >= 0.3 is 53.6 Å². The van der Waals surface area contributed by atoms with Gasteiger partial charge in [0, 0.05) is 6.08 Å². The van der Waals surface area contributed by atoms with Crippen LogP contribution in [0, 0.1) is 0 Å². The summed E-state index contributed by atoms with van der Waals surface area (Å²) in [6.07, 6.45) is -13.0. The zero-order chi connectivity index (χ0) is 27.3. The minimum absolute atomic E-state index is 0.207. The predicted octanol–water partition coefficient (Wildman–Crippen LogP) is 6.50. The molecule has 0 aliphatic carbocycles. The van der Waals surface area contributed by atoms with E-state index in [0.717, 1.165) is 0 Å². The Balaban J connectivity index is 6.52. The molecule has 0 aromatic rings. The molecule has 0 fully saturated rings. The molecule has 0 rings (SSSR count). The van der Waals surface area contributed by atoms with Crippen molar-refractivity contribution in [1.29, 1.82) is 0 Å². The molecule has 0 saturated carbocycles. The van der Waals surface area contributed by atoms with Gasteiger partial charge in [-0.3, -0.25) is 0 Å². The van der Waals surface area contributed by atoms with Gasteiger partial charge in [0.25, 0.3) is 0 Å². The molecule has 0 aliphatic heterocycles. The summed E-state index contributed by atoms with van der Waals surface area (Å²) in [5.41, 5.74) is 0. The van der Waals surface area contributed by atoms with Crippen molar-refractivity contribution in [2.24, 2.45) is 0 Å². The number of rotatable bonds is 10. The van der Waals surface area contributed by atoms with Crippen molar-refractivity contribution >= 4 is 5.97 Å². The molecule has 0 N–H and O–H groups in total. The Morgan fingerprint density at radius 2 is 0.970 bits per heavy atom. The van der Waals surface area contributed by atoms with Crippen LogP contribution in [0.3, 0.4) is 0 Å². The van der Waals surface area contributed by atoms with Gasteiger partial charge in [-0.2, -0.15) is 74.6 Å². The molecule has 196 valence electrons. The second kappa shape index (κ2) is 8.35. The van der Waals surface area contributed by atoms with Crippen LogP contribution in [0.25, 0.3) is 0 Å². The minimum atomic E-state index is -8.68. The summed E-state index contributed by atoms with van der Waals surface area (Å²) < 4.78 is 226. The Labute approximate surface area is 171 Å². The molecule has 0 radical (unpaired) electrons. The molecule has 0 aromatic heterocycles. The average Bonchev–Trinajstić information content (AvgIpc) is 2.58. The van der Waals surface area contributed by atoms with Gasteiger partial charge in [-0.15, -0.1) is 0 Å². The number of hydrogen-bond acceptors (Lipinski definition) is 2. The molecular formula is C14H9F17O2. The Hall–Kier alpha value is -1.98. The number of halogens is 17. The van der Waals surface area contributed by atoms with E-state index in [9.17, 15) is 79.4 Å². The van der Waals surface area contributed by atoms with Crippen LogP contribution in [0.4, 0.5) is 74.6 Å². The van der Waals surface area contributed by atoms with E-state index in [1.807, 2.05) is 0 Å². The highest BCUT2D eigenvalue weighted by Crippen LogP contribution is 2.64. The fourth-order valence-corrected chi connectivity index (χ4v) is 1.97. The molecule has 0 heterocycles. The summed E-state index contributed by atoms with van der Waals surface area (Å²) in [7, 11) is 0. The van der Waals surface area contributed by atoms with Crippen molar-refractivity contribution in [3.63, 3.8) is 0 Å². The van der Waals surface area contributed by atoms with Gasteiger partial charge < -0.3 is 4.74 Å². The van der Waals surface area contributed by atoms with E-state index in [0.29, 0.717) is 0 Å². The molecule has 0 bridgehead atoms. The van der Waals surface area contributed by atoms with Crippen LogP contribution in [-0.4, -0.2) is 59.7 Å². The fraction of sp³-hybridized carbons (Fsp3) is 0.786. The van der Waals surface area contributed by atoms with Gasteiger partial charge in [0.1, 0.15) is 6.10 Å². The van der Waals surface area contributed by atoms with Crippen LogP contribution in [0.5, 0.6) is 0 Å². The van der Waals surface area contributed by atoms with E-state index in [4.69, 9.17) is 0 Å². The number of ether oxygens (including phenoxy) is 1. The highest BCUT2D eigenvalue weighted by atomic mass is 19.4. The highest BCUT2D eigenvalue weighted by Gasteiger charge is 2.95. The van der Waals surface area contributed by atoms with Crippen LogP contribution in [-0.2, 0) is 9.53 Å². The molecular weight excluding hydrogens is 523 g/mol. The second-order valence-corrected chi connectivity index (χ2v) is 6.30. The van der Waals surface area contributed by atoms with E-state index in [-0.39, 0.29) is 13.0 Å². The number of hydrogen-bond donors (Lipinski definition) is 0. The Morgan fingerprint density at radius 3 is 1.27 bits per heavy atom. The molecule has 2 nitrogen and oxygen atoms in total. The van der Waals surface area contributed by atoms with Gasteiger partial charge in [-0.25, -0.2) is 4.79 Å². The topological polar surface area (TPSA) is 26.3 Å². The molecule has 0 amide bonds. The van der Waals surface area contributed by atoms with Crippen LogP contribution in [0.1, 0.15) is 13.3 Å². The summed E-state index contributed by atoms with van der Waals surface area (Å²) in [5.74, 6) is -58.5. The SMILES string of the molecule is C=CC(=O)OC(C)CC(F)(F)C(F)(F)C(F)(F)C(F)(F)C(F)(F)C(F)(F)C(F)(F)C(F)(F)F. The van der Waals surface area contributed by atoms with E-state index in [1.165, 1.54) is 0 Å². The monoisotopic (exact) mass is 532 g/mol. The number of alkyl halides is 17. The standard InChI is InChI=1S/C14H9F17O2/c1-3-6(32)33-5(2)4-7(15,16)8(17,18)9(19,20)10(21,22)11(23,24)12(25,26)13(27,28)14(29,30)31/h3,5H,1,4H2,2H3. The summed E-state index contributed by atoms with van der Waals surface area (Å²) in [4.78, 5) is 10.7. The first-order valence-electron chi connectivity index (χ1n) is 7.64. The van der Waals surface area contributed by atoms with Crippen molar-refractivity contribution in [1.82, 2.24) is 0 Å². The lowest BCUT2D eigenvalue weighted by molar-refractivity contribution is -0.462. The van der Waals surface area contributed by atoms with Gasteiger partial charge in [-0.05, 0) is 6.92 Å². The first-order chi connectivity index (χ1) is 14.1. The summed E-state index contributed by atoms with van der Waals surface area (Å²) in [6, 6.07) is 0. The van der Waals surface area contributed by atoms with E-state index < -0.39 is 66.1 Å². The number of esters is 1. The minimum Gasteiger partial charge on any atom is -0.459 e. The van der Waals surface area contributed by atoms with Gasteiger partial charge in [-0.1, -0.05) is 6.58 Å². The third-order valence-corrected chi connectivity index (χ3v) is 3.81. The zero-order valence-electron chi connectivity index (χ0n) is 15.3. The Kier molecular flexibility index (Phi) is 7.85. The van der Waals surface area contributed by atoms with Crippen molar-refractivity contribution in [3.8, 4) is 0 Å². The predicted molar refractivity (Wildman–Crippen MR) is 71.1 cm³/mol. The third-order valence-electron chi connectivity index (χ3n) is 3.81. The van der Waals surface area contributed by atoms with E-state index in [2.05, 4.69) is 11.3 Å². The summed E-state index contributed by atoms with van der Waals surface area (Å²) >= 11 is 0. The first kappa shape index (κ1) is 31.0. The largest absolute Gasteiger partial charge is 0.460 e. The molecule has 0 spiro atoms. The number of carbonyl (C=O) groups excluding carboxylic acids is 1. The van der Waals surface area contributed by atoms with Gasteiger partial charge in [0.05, 0.1) is 6.42 Å². The Morgan fingerprint density at radius 1 is 0.667 bits per heavy atom. The van der Waals surface area contributed by atoms with Crippen LogP contribution in [0.15, 0.2) is 12.7 Å². The third kappa shape index (κ3) is 4.54. The van der Waals surface area contributed by atoms with E-state index in [1.54, 1.807) is 0 Å². The normalized spacial score (nSPS) is 16.4. The second-order valence-electron chi connectivity index (χ2n) is 6.30. The average molecular weight is 532 g/mol. The first-order valence-corrected chi connectivity index (χ1v) is 7.64. The van der Waals surface area contributed by atoms with Gasteiger partial charge in [0.15, 0.2) is 0 Å². The highest BCUT2D eigenvalue weighted by molar-refractivity contribution is 5.81. The smallest absolute Gasteiger partial charge is 0.459 e. The lowest BCUT2D eigenvalue weighted by atomic mass is 9.88. The van der Waals surface area contributed by atoms with Crippen LogP contribution in [0.2, 0.25) is 0 Å². The van der Waals surface area contributed by atoms with E-state index >= 15 is 0 Å². The van der Waals surface area contributed by atoms with Crippen molar-refractivity contribution < 1.29 is 84.2 Å². The molecule has 33 heavy (non-hydrogen) atoms. The van der Waals surface area contributed by atoms with Crippen molar-refractivity contribution in [2.45, 2.75) is 67.1 Å². The number of carbonyl (C=O) groups is 1. The zero-order valence-corrected chi connectivity index (χ0v) is 15.3. The molecule has 0 saturated heterocycles. The maximum atomic E-state index is 13.6.